The predicted molar refractivity (Wildman–Crippen MR) is 140 cm³/mol. The molecule has 2 aromatic heterocycles. The number of ether oxygens (including phenoxy) is 2. The van der Waals surface area contributed by atoms with Crippen LogP contribution in [0.1, 0.15) is 6.42 Å². The number of carboxylic acid groups (broad SMARTS) is 1. The molecule has 4 aromatic rings. The van der Waals surface area contributed by atoms with Gasteiger partial charge in [0.05, 0.1) is 35.5 Å². The molecule has 0 bridgehead atoms. The highest BCUT2D eigenvalue weighted by Crippen LogP contribution is 2.31. The van der Waals surface area contributed by atoms with Crippen LogP contribution in [0.25, 0.3) is 16.7 Å². The molecule has 37 heavy (non-hydrogen) atoms. The number of hydrogen-bond acceptors (Lipinski definition) is 6. The van der Waals surface area contributed by atoms with Crippen LogP contribution in [0.4, 0.5) is 5.69 Å². The van der Waals surface area contributed by atoms with E-state index < -0.39 is 22.5 Å². The summed E-state index contributed by atoms with van der Waals surface area (Å²) in [5.41, 5.74) is 0.937. The van der Waals surface area contributed by atoms with E-state index in [0.29, 0.717) is 30.2 Å². The molecule has 12 heteroatoms. The van der Waals surface area contributed by atoms with E-state index in [4.69, 9.17) is 32.7 Å². The van der Waals surface area contributed by atoms with Gasteiger partial charge in [0.25, 0.3) is 10.0 Å². The van der Waals surface area contributed by atoms with Crippen LogP contribution < -0.4 is 9.04 Å². The topological polar surface area (TPSA) is 111 Å². The van der Waals surface area contributed by atoms with Crippen molar-refractivity contribution in [1.29, 1.82) is 0 Å². The van der Waals surface area contributed by atoms with Gasteiger partial charge in [-0.2, -0.15) is 0 Å². The summed E-state index contributed by atoms with van der Waals surface area (Å²) < 4.78 is 40.7. The minimum absolute atomic E-state index is 0.0199. The Morgan fingerprint density at radius 2 is 1.92 bits per heavy atom. The number of nitrogens with zero attached hydrogens (tertiary/aromatic N) is 3. The van der Waals surface area contributed by atoms with Gasteiger partial charge in [-0.15, -0.1) is 0 Å². The van der Waals surface area contributed by atoms with E-state index >= 15 is 0 Å². The number of pyridine rings is 1. The first kappa shape index (κ1) is 25.3. The Bertz CT molecular complexity index is 1550. The second-order valence-electron chi connectivity index (χ2n) is 8.39. The van der Waals surface area contributed by atoms with E-state index in [1.54, 1.807) is 36.7 Å². The second kappa shape index (κ2) is 10.2. The van der Waals surface area contributed by atoms with E-state index in [1.807, 2.05) is 16.7 Å². The third-order valence-corrected chi connectivity index (χ3v) is 8.01. The van der Waals surface area contributed by atoms with Crippen LogP contribution in [0.2, 0.25) is 10.0 Å². The maximum atomic E-state index is 13.4. The first-order valence-electron chi connectivity index (χ1n) is 11.2. The highest BCUT2D eigenvalue weighted by Gasteiger charge is 2.28. The first-order valence-corrected chi connectivity index (χ1v) is 13.4. The standard InChI is InChI=1S/C25H21Cl2N3O6S/c26-17-10-18(27)12-22(11-17)37(33,34)30(14-25(31)32)19-1-3-23-16(9-19)5-7-29(23)24-4-2-20(13-28-24)36-21-6-8-35-15-21/h1-5,7,9-13,21H,6,8,14-15H2,(H,31,32). The average molecular weight is 562 g/mol. The Morgan fingerprint density at radius 1 is 1.14 bits per heavy atom. The molecule has 1 fully saturated rings. The summed E-state index contributed by atoms with van der Waals surface area (Å²) in [5.74, 6) is -0.0277. The number of anilines is 1. The molecule has 1 aliphatic heterocycles. The minimum atomic E-state index is -4.28. The minimum Gasteiger partial charge on any atom is -0.486 e. The van der Waals surface area contributed by atoms with Crippen LogP contribution in [-0.2, 0) is 19.6 Å². The lowest BCUT2D eigenvalue weighted by Gasteiger charge is -2.23. The third-order valence-electron chi connectivity index (χ3n) is 5.82. The Labute approximate surface area is 222 Å². The lowest BCUT2D eigenvalue weighted by molar-refractivity contribution is -0.135. The Morgan fingerprint density at radius 3 is 2.57 bits per heavy atom. The molecule has 0 spiro atoms. The quantitative estimate of drug-likeness (QED) is 0.329. The number of sulfonamides is 1. The van der Waals surface area contributed by atoms with Crippen LogP contribution in [0.5, 0.6) is 5.75 Å². The summed E-state index contributed by atoms with van der Waals surface area (Å²) in [6, 6.07) is 14.2. The highest BCUT2D eigenvalue weighted by atomic mass is 35.5. The van der Waals surface area contributed by atoms with Gasteiger partial charge in [0.15, 0.2) is 0 Å². The zero-order valence-electron chi connectivity index (χ0n) is 19.3. The molecular weight excluding hydrogens is 541 g/mol. The van der Waals surface area contributed by atoms with Gasteiger partial charge in [-0.25, -0.2) is 13.4 Å². The second-order valence-corrected chi connectivity index (χ2v) is 11.1. The summed E-state index contributed by atoms with van der Waals surface area (Å²) in [4.78, 5) is 15.9. The molecule has 192 valence electrons. The summed E-state index contributed by atoms with van der Waals surface area (Å²) in [5, 5.41) is 10.4. The van der Waals surface area contributed by atoms with Gasteiger partial charge in [0.1, 0.15) is 24.2 Å². The zero-order chi connectivity index (χ0) is 26.2. The number of aromatic nitrogens is 2. The van der Waals surface area contributed by atoms with E-state index in [0.717, 1.165) is 16.2 Å². The van der Waals surface area contributed by atoms with Crippen molar-refractivity contribution >= 4 is 55.8 Å². The number of carboxylic acids is 1. The van der Waals surface area contributed by atoms with Crippen molar-refractivity contribution in [3.63, 3.8) is 0 Å². The van der Waals surface area contributed by atoms with Crippen molar-refractivity contribution in [1.82, 2.24) is 9.55 Å². The SMILES string of the molecule is O=C(O)CN(c1ccc2c(ccn2-c2ccc(OC3CCOC3)cn2)c1)S(=O)(=O)c1cc(Cl)cc(Cl)c1. The Balaban J connectivity index is 1.47. The molecule has 2 aromatic carbocycles. The van der Waals surface area contributed by atoms with Gasteiger partial charge in [-0.1, -0.05) is 23.2 Å². The van der Waals surface area contributed by atoms with Crippen LogP contribution >= 0.6 is 23.2 Å². The average Bonchev–Trinajstić information content (AvgIpc) is 3.52. The summed E-state index contributed by atoms with van der Waals surface area (Å²) >= 11 is 12.0. The van der Waals surface area contributed by atoms with Crippen molar-refractivity contribution in [2.45, 2.75) is 17.4 Å². The molecule has 0 saturated carbocycles. The molecule has 0 radical (unpaired) electrons. The predicted octanol–water partition coefficient (Wildman–Crippen LogP) is 4.78. The van der Waals surface area contributed by atoms with E-state index in [2.05, 4.69) is 4.98 Å². The molecule has 0 aliphatic carbocycles. The fraction of sp³-hybridized carbons (Fsp3) is 0.200. The molecule has 0 amide bonds. The van der Waals surface area contributed by atoms with Gasteiger partial charge in [0, 0.05) is 28.0 Å². The summed E-state index contributed by atoms with van der Waals surface area (Å²) in [6.07, 6.45) is 4.30. The largest absolute Gasteiger partial charge is 0.486 e. The van der Waals surface area contributed by atoms with Crippen LogP contribution in [0.15, 0.2) is 71.9 Å². The highest BCUT2D eigenvalue weighted by molar-refractivity contribution is 7.92. The van der Waals surface area contributed by atoms with Gasteiger partial charge < -0.3 is 19.1 Å². The molecule has 1 atom stereocenters. The van der Waals surface area contributed by atoms with Crippen molar-refractivity contribution in [3.8, 4) is 11.6 Å². The number of halogens is 2. The van der Waals surface area contributed by atoms with Crippen LogP contribution in [-0.4, -0.2) is 54.9 Å². The van der Waals surface area contributed by atoms with E-state index in [1.165, 1.54) is 18.2 Å². The third kappa shape index (κ3) is 5.37. The molecule has 9 nitrogen and oxygen atoms in total. The number of carbonyl (C=O) groups is 1. The Kier molecular flexibility index (Phi) is 7.00. The van der Waals surface area contributed by atoms with Gasteiger partial charge in [-0.3, -0.25) is 9.10 Å². The maximum absolute atomic E-state index is 13.4. The van der Waals surface area contributed by atoms with Crippen molar-refractivity contribution in [3.05, 3.63) is 77.0 Å². The van der Waals surface area contributed by atoms with E-state index in [9.17, 15) is 18.3 Å². The lowest BCUT2D eigenvalue weighted by Crippen LogP contribution is -2.35. The number of fused-ring (bicyclic) bond motifs is 1. The molecule has 3 heterocycles. The first-order chi connectivity index (χ1) is 17.7. The van der Waals surface area contributed by atoms with Crippen molar-refractivity contribution in [2.24, 2.45) is 0 Å². The molecule has 1 saturated heterocycles. The maximum Gasteiger partial charge on any atom is 0.324 e. The molecule has 1 N–H and O–H groups in total. The normalized spacial score (nSPS) is 15.7. The number of benzene rings is 2. The number of aliphatic carboxylic acids is 1. The number of rotatable bonds is 8. The van der Waals surface area contributed by atoms with Crippen molar-refractivity contribution in [2.75, 3.05) is 24.1 Å². The van der Waals surface area contributed by atoms with Crippen molar-refractivity contribution < 1.29 is 27.8 Å². The molecule has 5 rings (SSSR count). The van der Waals surface area contributed by atoms with Crippen LogP contribution in [0, 0.1) is 0 Å². The van der Waals surface area contributed by atoms with E-state index in [-0.39, 0.29) is 26.7 Å². The van der Waals surface area contributed by atoms with Gasteiger partial charge >= 0.3 is 5.97 Å². The summed E-state index contributed by atoms with van der Waals surface area (Å²) in [7, 11) is -4.28. The Hall–Kier alpha value is -3.31. The molecular formula is C25H21Cl2N3O6S. The lowest BCUT2D eigenvalue weighted by atomic mass is 10.2. The number of hydrogen-bond donors (Lipinski definition) is 1. The summed E-state index contributed by atoms with van der Waals surface area (Å²) in [6.45, 7) is 0.463. The molecule has 1 unspecified atom stereocenters. The van der Waals surface area contributed by atoms with Gasteiger partial charge in [0.2, 0.25) is 0 Å². The fourth-order valence-corrected chi connectivity index (χ4v) is 6.24. The zero-order valence-corrected chi connectivity index (χ0v) is 21.6. The monoisotopic (exact) mass is 561 g/mol. The fourth-order valence-electron chi connectivity index (χ4n) is 4.11. The smallest absolute Gasteiger partial charge is 0.324 e. The molecule has 1 aliphatic rings. The van der Waals surface area contributed by atoms with Gasteiger partial charge in [-0.05, 0) is 54.6 Å². The van der Waals surface area contributed by atoms with Crippen LogP contribution in [0.3, 0.4) is 0 Å².